The Kier molecular flexibility index (Phi) is 7.62. The minimum atomic E-state index is -0.329. The van der Waals surface area contributed by atoms with Crippen LogP contribution >= 0.6 is 11.8 Å². The molecule has 1 saturated carbocycles. The van der Waals surface area contributed by atoms with Gasteiger partial charge in [0, 0.05) is 12.1 Å². The van der Waals surface area contributed by atoms with Gasteiger partial charge in [-0.3, -0.25) is 9.59 Å². The molecule has 0 bridgehead atoms. The third kappa shape index (κ3) is 6.55. The van der Waals surface area contributed by atoms with E-state index in [4.69, 9.17) is 4.52 Å². The molecule has 0 aliphatic heterocycles. The van der Waals surface area contributed by atoms with Crippen LogP contribution in [-0.2, 0) is 9.59 Å². The van der Waals surface area contributed by atoms with Gasteiger partial charge in [0.1, 0.15) is 5.76 Å². The number of amides is 2. The van der Waals surface area contributed by atoms with Crippen LogP contribution in [0.2, 0.25) is 0 Å². The van der Waals surface area contributed by atoms with E-state index >= 15 is 0 Å². The smallest absolute Gasteiger partial charge is 0.238 e. The summed E-state index contributed by atoms with van der Waals surface area (Å²) in [4.78, 5) is 24.2. The summed E-state index contributed by atoms with van der Waals surface area (Å²) in [6.45, 7) is 3.55. The van der Waals surface area contributed by atoms with Gasteiger partial charge in [0.2, 0.25) is 11.8 Å². The second kappa shape index (κ2) is 9.71. The molecule has 1 unspecified atom stereocenters. The van der Waals surface area contributed by atoms with Crippen LogP contribution < -0.4 is 10.6 Å². The Labute approximate surface area is 147 Å². The van der Waals surface area contributed by atoms with Crippen LogP contribution in [0.1, 0.15) is 57.6 Å². The number of nitrogens with one attached hydrogen (secondary N) is 2. The zero-order valence-electron chi connectivity index (χ0n) is 14.5. The predicted octanol–water partition coefficient (Wildman–Crippen LogP) is 3.27. The molecule has 1 heterocycles. The van der Waals surface area contributed by atoms with E-state index in [1.165, 1.54) is 43.9 Å². The molecule has 1 atom stereocenters. The summed E-state index contributed by atoms with van der Waals surface area (Å²) < 4.78 is 4.91. The lowest BCUT2D eigenvalue weighted by molar-refractivity contribution is -0.119. The lowest BCUT2D eigenvalue weighted by atomic mass is 9.97. The molecule has 1 aromatic heterocycles. The van der Waals surface area contributed by atoms with Crippen LogP contribution in [0.3, 0.4) is 0 Å². The first-order chi connectivity index (χ1) is 11.5. The van der Waals surface area contributed by atoms with Crippen LogP contribution in [0.5, 0.6) is 0 Å². The molecule has 1 aliphatic rings. The molecule has 2 N–H and O–H groups in total. The largest absolute Gasteiger partial charge is 0.360 e. The SMILES string of the molecule is Cc1cc(NC(=O)C(C)SCC(=O)NC2CCCCCCC2)no1. The van der Waals surface area contributed by atoms with E-state index in [1.807, 2.05) is 0 Å². The molecular weight excluding hydrogens is 326 g/mol. The number of hydrogen-bond donors (Lipinski definition) is 2. The van der Waals surface area contributed by atoms with Crippen LogP contribution in [0.4, 0.5) is 5.82 Å². The molecule has 1 fully saturated rings. The standard InChI is InChI=1S/C17H27N3O3S/c1-12-10-15(20-23-12)19-17(22)13(2)24-11-16(21)18-14-8-6-4-3-5-7-9-14/h10,13-14H,3-9,11H2,1-2H3,(H,18,21)(H,19,20,22). The van der Waals surface area contributed by atoms with Crippen molar-refractivity contribution in [3.05, 3.63) is 11.8 Å². The van der Waals surface area contributed by atoms with Crippen molar-refractivity contribution in [3.63, 3.8) is 0 Å². The molecule has 7 heteroatoms. The first kappa shape index (κ1) is 18.8. The van der Waals surface area contributed by atoms with Crippen LogP contribution in [0.15, 0.2) is 10.6 Å². The van der Waals surface area contributed by atoms with Gasteiger partial charge in [-0.1, -0.05) is 37.3 Å². The van der Waals surface area contributed by atoms with Gasteiger partial charge in [-0.15, -0.1) is 11.8 Å². The Morgan fingerprint density at radius 1 is 1.29 bits per heavy atom. The Hall–Kier alpha value is -1.50. The number of nitrogens with zero attached hydrogens (tertiary/aromatic N) is 1. The van der Waals surface area contributed by atoms with Gasteiger partial charge in [0.15, 0.2) is 5.82 Å². The van der Waals surface area contributed by atoms with Gasteiger partial charge in [-0.25, -0.2) is 0 Å². The van der Waals surface area contributed by atoms with Gasteiger partial charge >= 0.3 is 0 Å². The normalized spacial score (nSPS) is 17.6. The van der Waals surface area contributed by atoms with E-state index in [-0.39, 0.29) is 17.1 Å². The van der Waals surface area contributed by atoms with E-state index in [9.17, 15) is 9.59 Å². The number of thioether (sulfide) groups is 1. The van der Waals surface area contributed by atoms with Crippen molar-refractivity contribution in [2.45, 2.75) is 70.1 Å². The molecule has 24 heavy (non-hydrogen) atoms. The summed E-state index contributed by atoms with van der Waals surface area (Å²) in [5.74, 6) is 1.19. The Morgan fingerprint density at radius 2 is 1.96 bits per heavy atom. The molecular formula is C17H27N3O3S. The predicted molar refractivity (Wildman–Crippen MR) is 96.0 cm³/mol. The van der Waals surface area contributed by atoms with E-state index in [1.54, 1.807) is 19.9 Å². The van der Waals surface area contributed by atoms with Crippen molar-refractivity contribution in [2.75, 3.05) is 11.1 Å². The molecule has 134 valence electrons. The molecule has 0 radical (unpaired) electrons. The summed E-state index contributed by atoms with van der Waals surface area (Å²) in [5.41, 5.74) is 0. The fourth-order valence-corrected chi connectivity index (χ4v) is 3.49. The number of anilines is 1. The van der Waals surface area contributed by atoms with E-state index in [0.717, 1.165) is 12.8 Å². The van der Waals surface area contributed by atoms with Crippen LogP contribution in [0.25, 0.3) is 0 Å². The maximum Gasteiger partial charge on any atom is 0.238 e. The fraction of sp³-hybridized carbons (Fsp3) is 0.706. The monoisotopic (exact) mass is 353 g/mol. The number of aromatic nitrogens is 1. The summed E-state index contributed by atoms with van der Waals surface area (Å²) in [7, 11) is 0. The molecule has 0 spiro atoms. The Balaban J connectivity index is 1.68. The fourth-order valence-electron chi connectivity index (χ4n) is 2.80. The van der Waals surface area contributed by atoms with E-state index in [0.29, 0.717) is 23.4 Å². The molecule has 1 aromatic rings. The zero-order chi connectivity index (χ0) is 17.4. The summed E-state index contributed by atoms with van der Waals surface area (Å²) in [5, 5.41) is 9.20. The van der Waals surface area contributed by atoms with Crippen molar-refractivity contribution < 1.29 is 14.1 Å². The molecule has 6 nitrogen and oxygen atoms in total. The second-order valence-corrected chi connectivity index (χ2v) is 7.70. The van der Waals surface area contributed by atoms with Gasteiger partial charge in [-0.05, 0) is 26.7 Å². The number of rotatable bonds is 6. The first-order valence-corrected chi connectivity index (χ1v) is 9.74. The van der Waals surface area contributed by atoms with Crippen LogP contribution in [-0.4, -0.2) is 34.0 Å². The number of carbonyl (C=O) groups is 2. The van der Waals surface area contributed by atoms with Gasteiger partial charge in [-0.2, -0.15) is 0 Å². The van der Waals surface area contributed by atoms with E-state index < -0.39 is 0 Å². The van der Waals surface area contributed by atoms with Crippen molar-refractivity contribution in [2.24, 2.45) is 0 Å². The summed E-state index contributed by atoms with van der Waals surface area (Å²) >= 11 is 1.33. The van der Waals surface area contributed by atoms with Crippen molar-refractivity contribution in [3.8, 4) is 0 Å². The maximum atomic E-state index is 12.1. The van der Waals surface area contributed by atoms with Gasteiger partial charge in [0.25, 0.3) is 0 Å². The van der Waals surface area contributed by atoms with Crippen molar-refractivity contribution in [1.82, 2.24) is 10.5 Å². The Bertz CT molecular complexity index is 539. The summed E-state index contributed by atoms with van der Waals surface area (Å²) in [6.07, 6.45) is 8.35. The third-order valence-electron chi connectivity index (χ3n) is 4.18. The molecule has 1 aliphatic carbocycles. The lowest BCUT2D eigenvalue weighted by Gasteiger charge is -2.21. The average molecular weight is 353 g/mol. The second-order valence-electron chi connectivity index (χ2n) is 6.37. The lowest BCUT2D eigenvalue weighted by Crippen LogP contribution is -2.37. The van der Waals surface area contributed by atoms with Gasteiger partial charge in [0.05, 0.1) is 11.0 Å². The highest BCUT2D eigenvalue weighted by Gasteiger charge is 2.18. The topological polar surface area (TPSA) is 84.2 Å². The molecule has 0 aromatic carbocycles. The minimum Gasteiger partial charge on any atom is -0.360 e. The van der Waals surface area contributed by atoms with E-state index in [2.05, 4.69) is 15.8 Å². The first-order valence-electron chi connectivity index (χ1n) is 8.70. The number of carbonyl (C=O) groups excluding carboxylic acids is 2. The maximum absolute atomic E-state index is 12.1. The highest BCUT2D eigenvalue weighted by atomic mass is 32.2. The van der Waals surface area contributed by atoms with Crippen molar-refractivity contribution in [1.29, 1.82) is 0 Å². The quantitative estimate of drug-likeness (QED) is 0.820. The third-order valence-corrected chi connectivity index (χ3v) is 5.33. The molecule has 2 amide bonds. The highest BCUT2D eigenvalue weighted by Crippen LogP contribution is 2.18. The van der Waals surface area contributed by atoms with Crippen LogP contribution in [0, 0.1) is 6.92 Å². The van der Waals surface area contributed by atoms with Gasteiger partial charge < -0.3 is 15.2 Å². The zero-order valence-corrected chi connectivity index (χ0v) is 15.3. The highest BCUT2D eigenvalue weighted by molar-refractivity contribution is 8.01. The molecule has 0 saturated heterocycles. The number of aryl methyl sites for hydroxylation is 1. The number of hydrogen-bond acceptors (Lipinski definition) is 5. The molecule has 2 rings (SSSR count). The van der Waals surface area contributed by atoms with Crippen molar-refractivity contribution >= 4 is 29.4 Å². The average Bonchev–Trinajstić information content (AvgIpc) is 2.92. The Morgan fingerprint density at radius 3 is 2.58 bits per heavy atom. The summed E-state index contributed by atoms with van der Waals surface area (Å²) in [6, 6.07) is 1.96. The minimum absolute atomic E-state index is 0.0162.